The van der Waals surface area contributed by atoms with Gasteiger partial charge in [-0.1, -0.05) is 47.1 Å². The highest BCUT2D eigenvalue weighted by Crippen LogP contribution is 2.28. The lowest BCUT2D eigenvalue weighted by Gasteiger charge is -2.19. The number of imidazole rings is 1. The third-order valence-corrected chi connectivity index (χ3v) is 5.53. The van der Waals surface area contributed by atoms with Gasteiger partial charge in [-0.05, 0) is 49.6 Å². The second-order valence-corrected chi connectivity index (χ2v) is 9.70. The molecule has 7 nitrogen and oxygen atoms in total. The second-order valence-electron chi connectivity index (χ2n) is 9.70. The molecule has 0 radical (unpaired) electrons. The zero-order valence-corrected chi connectivity index (χ0v) is 22.6. The van der Waals surface area contributed by atoms with E-state index in [4.69, 9.17) is 11.5 Å². The van der Waals surface area contributed by atoms with Crippen LogP contribution in [0.2, 0.25) is 0 Å². The number of rotatable bonds is 7. The Kier molecular flexibility index (Phi) is 10.1. The number of nitrogens with two attached hydrogens (primary N) is 2. The van der Waals surface area contributed by atoms with Crippen molar-refractivity contribution in [3.8, 4) is 5.95 Å². The van der Waals surface area contributed by atoms with Crippen LogP contribution in [0.4, 0.5) is 8.78 Å². The van der Waals surface area contributed by atoms with Crippen molar-refractivity contribution in [3.05, 3.63) is 88.9 Å². The van der Waals surface area contributed by atoms with Crippen molar-refractivity contribution in [2.75, 3.05) is 0 Å². The van der Waals surface area contributed by atoms with Crippen LogP contribution in [-0.4, -0.2) is 24.6 Å². The van der Waals surface area contributed by atoms with Gasteiger partial charge in [0.05, 0.1) is 17.0 Å². The fourth-order valence-corrected chi connectivity index (χ4v) is 3.48. The molecule has 0 saturated carbocycles. The third kappa shape index (κ3) is 7.45. The lowest BCUT2D eigenvalue weighted by Crippen LogP contribution is -2.16. The summed E-state index contributed by atoms with van der Waals surface area (Å²) >= 11 is 0. The first-order valence-corrected chi connectivity index (χ1v) is 12.3. The van der Waals surface area contributed by atoms with Crippen molar-refractivity contribution in [2.45, 2.75) is 66.4 Å². The number of hydrogen-bond donors (Lipinski definition) is 3. The second kappa shape index (κ2) is 12.6. The summed E-state index contributed by atoms with van der Waals surface area (Å²) < 4.78 is 30.0. The molecule has 0 fully saturated rings. The Morgan fingerprint density at radius 1 is 1.08 bits per heavy atom. The first-order chi connectivity index (χ1) is 17.3. The number of allylic oxidation sites excluding steroid dienone is 3. The van der Waals surface area contributed by atoms with Gasteiger partial charge in [0.15, 0.2) is 0 Å². The van der Waals surface area contributed by atoms with E-state index in [1.165, 1.54) is 24.9 Å². The molecule has 3 rings (SSSR count). The maximum Gasteiger partial charge on any atom is 0.235 e. The molecular formula is C28H38F2N6O. The van der Waals surface area contributed by atoms with E-state index in [0.717, 1.165) is 12.1 Å². The van der Waals surface area contributed by atoms with E-state index >= 15 is 0 Å². The van der Waals surface area contributed by atoms with Crippen molar-refractivity contribution in [3.63, 3.8) is 0 Å². The van der Waals surface area contributed by atoms with Crippen molar-refractivity contribution >= 4 is 5.70 Å². The Morgan fingerprint density at radius 2 is 1.68 bits per heavy atom. The van der Waals surface area contributed by atoms with Gasteiger partial charge in [0.25, 0.3) is 0 Å². The van der Waals surface area contributed by atoms with Gasteiger partial charge in [0.2, 0.25) is 5.95 Å². The van der Waals surface area contributed by atoms with Crippen LogP contribution in [0.1, 0.15) is 77.8 Å². The number of aromatic nitrogens is 4. The van der Waals surface area contributed by atoms with E-state index in [9.17, 15) is 13.9 Å². The molecule has 200 valence electrons. The smallest absolute Gasteiger partial charge is 0.235 e. The summed E-state index contributed by atoms with van der Waals surface area (Å²) in [5.74, 6) is -1.52. The van der Waals surface area contributed by atoms with Crippen LogP contribution in [0.25, 0.3) is 11.6 Å². The Balaban J connectivity index is 0.00000153. The molecule has 37 heavy (non-hydrogen) atoms. The largest absolute Gasteiger partial charge is 0.401 e. The predicted molar refractivity (Wildman–Crippen MR) is 143 cm³/mol. The summed E-state index contributed by atoms with van der Waals surface area (Å²) in [5.41, 5.74) is 13.4. The average molecular weight is 513 g/mol. The van der Waals surface area contributed by atoms with Crippen LogP contribution >= 0.6 is 0 Å². The minimum atomic E-state index is -1.10. The van der Waals surface area contributed by atoms with Crippen molar-refractivity contribution < 1.29 is 13.9 Å². The fourth-order valence-electron chi connectivity index (χ4n) is 3.48. The number of benzene rings is 1. The fraction of sp³-hybridized carbons (Fsp3) is 0.393. The number of aliphatic hydroxyl groups is 1. The highest BCUT2D eigenvalue weighted by molar-refractivity contribution is 5.67. The van der Waals surface area contributed by atoms with E-state index in [1.54, 1.807) is 36.9 Å². The molecule has 0 spiro atoms. The van der Waals surface area contributed by atoms with Gasteiger partial charge in [0.1, 0.15) is 23.6 Å². The molecule has 0 aliphatic rings. The normalized spacial score (nSPS) is 13.6. The van der Waals surface area contributed by atoms with Gasteiger partial charge in [-0.15, -0.1) is 0 Å². The summed E-state index contributed by atoms with van der Waals surface area (Å²) in [6, 6.07) is 5.35. The van der Waals surface area contributed by atoms with E-state index in [0.29, 0.717) is 28.6 Å². The summed E-state index contributed by atoms with van der Waals surface area (Å²) in [6.07, 6.45) is 7.57. The van der Waals surface area contributed by atoms with Crippen LogP contribution in [0.3, 0.4) is 0 Å². The molecule has 2 aromatic heterocycles. The van der Waals surface area contributed by atoms with Crippen LogP contribution in [-0.2, 0) is 5.60 Å². The Labute approximate surface area is 218 Å². The van der Waals surface area contributed by atoms with Gasteiger partial charge < -0.3 is 16.6 Å². The van der Waals surface area contributed by atoms with Gasteiger partial charge in [-0.2, -0.15) is 0 Å². The monoisotopic (exact) mass is 512 g/mol. The van der Waals surface area contributed by atoms with E-state index in [2.05, 4.69) is 28.8 Å². The number of hydrogen-bond acceptors (Lipinski definition) is 6. The molecule has 5 N–H and O–H groups in total. The van der Waals surface area contributed by atoms with Crippen molar-refractivity contribution in [1.29, 1.82) is 0 Å². The Morgan fingerprint density at radius 3 is 2.19 bits per heavy atom. The number of nitrogens with zero attached hydrogens (tertiary/aromatic N) is 4. The van der Waals surface area contributed by atoms with Crippen LogP contribution in [0.5, 0.6) is 0 Å². The highest BCUT2D eigenvalue weighted by atomic mass is 19.1. The van der Waals surface area contributed by atoms with E-state index in [-0.39, 0.29) is 23.1 Å². The predicted octanol–water partition coefficient (Wildman–Crippen LogP) is 5.56. The zero-order chi connectivity index (χ0) is 27.9. The van der Waals surface area contributed by atoms with Crippen LogP contribution < -0.4 is 11.5 Å². The molecule has 2 heterocycles. The van der Waals surface area contributed by atoms with E-state index in [1.807, 2.05) is 20.8 Å². The van der Waals surface area contributed by atoms with Gasteiger partial charge in [-0.25, -0.2) is 23.7 Å². The summed E-state index contributed by atoms with van der Waals surface area (Å²) in [5, 5.41) is 10.2. The molecule has 0 saturated heterocycles. The molecule has 1 atom stereocenters. The SMILES string of the molecule is CC(C)C(/C=C(\N)c1c(F)cccc1F)=C(/N)C(C)c1ccnc(-n2cnc(C(C)(C)O)c2)n1.CCC. The maximum absolute atomic E-state index is 14.2. The summed E-state index contributed by atoms with van der Waals surface area (Å²) in [4.78, 5) is 13.1. The average Bonchev–Trinajstić information content (AvgIpc) is 3.33. The maximum atomic E-state index is 14.2. The molecule has 1 aromatic carbocycles. The standard InChI is InChI=1S/C25H30F2N6O.C3H8/c1-14(2)16(11-19(28)22-17(26)7-6-8-18(22)27)23(29)15(3)20-9-10-30-24(32-20)33-12-21(31-13-33)25(4,5)34;1-3-2/h6-15,34H,28-29H2,1-5H3;3H2,1-2H3/b19-11-,23-16+;. The molecule has 0 bridgehead atoms. The highest BCUT2D eigenvalue weighted by Gasteiger charge is 2.21. The quantitative estimate of drug-likeness (QED) is 0.357. The topological polar surface area (TPSA) is 116 Å². The molecule has 0 amide bonds. The minimum Gasteiger partial charge on any atom is -0.401 e. The minimum absolute atomic E-state index is 0.0459. The molecular weight excluding hydrogens is 474 g/mol. The van der Waals surface area contributed by atoms with E-state index < -0.39 is 17.2 Å². The third-order valence-electron chi connectivity index (χ3n) is 5.53. The van der Waals surface area contributed by atoms with Crippen molar-refractivity contribution in [2.24, 2.45) is 17.4 Å². The summed E-state index contributed by atoms with van der Waals surface area (Å²) in [7, 11) is 0. The number of halogens is 2. The molecule has 0 aliphatic heterocycles. The molecule has 0 aliphatic carbocycles. The Bertz CT molecular complexity index is 1240. The lowest BCUT2D eigenvalue weighted by molar-refractivity contribution is 0.0742. The first-order valence-electron chi connectivity index (χ1n) is 12.3. The summed E-state index contributed by atoms with van der Waals surface area (Å²) in [6.45, 7) is 13.3. The molecule has 9 heteroatoms. The lowest BCUT2D eigenvalue weighted by atomic mass is 9.91. The first kappa shape index (κ1) is 29.6. The molecule has 3 aromatic rings. The van der Waals surface area contributed by atoms with Crippen LogP contribution in [0.15, 0.2) is 60.3 Å². The van der Waals surface area contributed by atoms with Gasteiger partial charge >= 0.3 is 0 Å². The van der Waals surface area contributed by atoms with Gasteiger partial charge in [-0.3, -0.25) is 4.57 Å². The van der Waals surface area contributed by atoms with Crippen LogP contribution in [0, 0.1) is 17.6 Å². The van der Waals surface area contributed by atoms with Gasteiger partial charge in [0, 0.05) is 29.7 Å². The Hall–Kier alpha value is -3.59. The zero-order valence-electron chi connectivity index (χ0n) is 22.6. The molecule has 1 unspecified atom stereocenters. The van der Waals surface area contributed by atoms with Crippen molar-refractivity contribution in [1.82, 2.24) is 19.5 Å².